The number of hydrogen-bond acceptors (Lipinski definition) is 2. The van der Waals surface area contributed by atoms with Gasteiger partial charge in [-0.15, -0.1) is 0 Å². The van der Waals surface area contributed by atoms with Gasteiger partial charge in [0.1, 0.15) is 0 Å². The first-order chi connectivity index (χ1) is 7.56. The molecule has 1 aliphatic rings. The second-order valence-corrected chi connectivity index (χ2v) is 5.29. The SMILES string of the molecule is Cc1cc(N)cc(N2CC(C)CCC2C)c1. The van der Waals surface area contributed by atoms with E-state index in [9.17, 15) is 0 Å². The Balaban J connectivity index is 2.27. The van der Waals surface area contributed by atoms with Crippen LogP contribution in [-0.2, 0) is 0 Å². The Bertz CT molecular complexity index is 353. The number of rotatable bonds is 1. The third-order valence-electron chi connectivity index (χ3n) is 3.53. The molecule has 2 atom stereocenters. The summed E-state index contributed by atoms with van der Waals surface area (Å²) in [5.74, 6) is 0.790. The van der Waals surface area contributed by atoms with Crippen molar-refractivity contribution in [2.75, 3.05) is 17.2 Å². The molecule has 2 unspecified atom stereocenters. The maximum absolute atomic E-state index is 5.92. The molecule has 0 saturated carbocycles. The van der Waals surface area contributed by atoms with Gasteiger partial charge < -0.3 is 10.6 Å². The van der Waals surface area contributed by atoms with Gasteiger partial charge in [-0.1, -0.05) is 6.92 Å². The van der Waals surface area contributed by atoms with Crippen molar-refractivity contribution in [1.82, 2.24) is 0 Å². The van der Waals surface area contributed by atoms with E-state index < -0.39 is 0 Å². The highest BCUT2D eigenvalue weighted by Gasteiger charge is 2.23. The maximum atomic E-state index is 5.92. The van der Waals surface area contributed by atoms with E-state index in [1.165, 1.54) is 24.1 Å². The standard InChI is InChI=1S/C14H22N2/c1-10-4-5-12(3)16(9-10)14-7-11(2)6-13(15)8-14/h6-8,10,12H,4-5,9,15H2,1-3H3. The lowest BCUT2D eigenvalue weighted by Gasteiger charge is -2.38. The Morgan fingerprint density at radius 2 is 1.94 bits per heavy atom. The van der Waals surface area contributed by atoms with E-state index in [2.05, 4.69) is 37.8 Å². The van der Waals surface area contributed by atoms with E-state index in [0.717, 1.165) is 18.2 Å². The first kappa shape index (κ1) is 11.3. The second kappa shape index (κ2) is 4.36. The highest BCUT2D eigenvalue weighted by molar-refractivity contribution is 5.59. The zero-order chi connectivity index (χ0) is 11.7. The van der Waals surface area contributed by atoms with Crippen molar-refractivity contribution in [2.24, 2.45) is 5.92 Å². The summed E-state index contributed by atoms with van der Waals surface area (Å²) < 4.78 is 0. The van der Waals surface area contributed by atoms with Crippen molar-refractivity contribution in [3.8, 4) is 0 Å². The van der Waals surface area contributed by atoms with Crippen molar-refractivity contribution >= 4 is 11.4 Å². The van der Waals surface area contributed by atoms with Crippen LogP contribution in [0.15, 0.2) is 18.2 Å². The van der Waals surface area contributed by atoms with E-state index in [1.807, 2.05) is 6.07 Å². The van der Waals surface area contributed by atoms with Crippen LogP contribution in [0.3, 0.4) is 0 Å². The molecule has 0 aliphatic carbocycles. The van der Waals surface area contributed by atoms with Crippen LogP contribution in [0.5, 0.6) is 0 Å². The number of anilines is 2. The molecule has 1 aromatic rings. The monoisotopic (exact) mass is 218 g/mol. The molecule has 0 amide bonds. The Hall–Kier alpha value is -1.18. The van der Waals surface area contributed by atoms with Gasteiger partial charge in [0.25, 0.3) is 0 Å². The van der Waals surface area contributed by atoms with Crippen molar-refractivity contribution in [2.45, 2.75) is 39.7 Å². The minimum Gasteiger partial charge on any atom is -0.399 e. The van der Waals surface area contributed by atoms with E-state index in [-0.39, 0.29) is 0 Å². The summed E-state index contributed by atoms with van der Waals surface area (Å²) in [4.78, 5) is 2.50. The van der Waals surface area contributed by atoms with Crippen LogP contribution in [0.2, 0.25) is 0 Å². The molecule has 0 radical (unpaired) electrons. The first-order valence-corrected chi connectivity index (χ1v) is 6.20. The van der Waals surface area contributed by atoms with E-state index in [0.29, 0.717) is 6.04 Å². The molecule has 1 aliphatic heterocycles. The molecule has 1 aromatic carbocycles. The molecule has 2 nitrogen and oxygen atoms in total. The van der Waals surface area contributed by atoms with Gasteiger partial charge in [0, 0.05) is 24.0 Å². The molecule has 88 valence electrons. The summed E-state index contributed by atoms with van der Waals surface area (Å²) in [6.07, 6.45) is 2.63. The molecule has 1 fully saturated rings. The molecule has 0 bridgehead atoms. The minimum absolute atomic E-state index is 0.636. The number of nitrogens with two attached hydrogens (primary N) is 1. The normalized spacial score (nSPS) is 25.8. The van der Waals surface area contributed by atoms with Crippen LogP contribution in [0.25, 0.3) is 0 Å². The molecular formula is C14H22N2. The van der Waals surface area contributed by atoms with Crippen molar-refractivity contribution in [1.29, 1.82) is 0 Å². The quantitative estimate of drug-likeness (QED) is 0.733. The number of nitrogens with zero attached hydrogens (tertiary/aromatic N) is 1. The third kappa shape index (κ3) is 2.31. The average Bonchev–Trinajstić information content (AvgIpc) is 2.20. The van der Waals surface area contributed by atoms with Gasteiger partial charge in [-0.05, 0) is 56.4 Å². The Kier molecular flexibility index (Phi) is 3.08. The minimum atomic E-state index is 0.636. The van der Waals surface area contributed by atoms with Crippen molar-refractivity contribution in [3.63, 3.8) is 0 Å². The van der Waals surface area contributed by atoms with Crippen LogP contribution < -0.4 is 10.6 Å². The molecule has 0 aromatic heterocycles. The van der Waals surface area contributed by atoms with Gasteiger partial charge in [-0.3, -0.25) is 0 Å². The fourth-order valence-corrected chi connectivity index (χ4v) is 2.61. The lowest BCUT2D eigenvalue weighted by molar-refractivity contribution is 0.390. The van der Waals surface area contributed by atoms with Gasteiger partial charge in [-0.2, -0.15) is 0 Å². The fraction of sp³-hybridized carbons (Fsp3) is 0.571. The van der Waals surface area contributed by atoms with E-state index >= 15 is 0 Å². The van der Waals surface area contributed by atoms with Crippen LogP contribution in [0.1, 0.15) is 32.3 Å². The lowest BCUT2D eigenvalue weighted by Crippen LogP contribution is -2.41. The molecular weight excluding hydrogens is 196 g/mol. The smallest absolute Gasteiger partial charge is 0.0392 e. The predicted molar refractivity (Wildman–Crippen MR) is 70.8 cm³/mol. The number of aryl methyl sites for hydroxylation is 1. The van der Waals surface area contributed by atoms with Crippen LogP contribution in [0, 0.1) is 12.8 Å². The summed E-state index contributed by atoms with van der Waals surface area (Å²) >= 11 is 0. The predicted octanol–water partition coefficient (Wildman–Crippen LogP) is 3.20. The first-order valence-electron chi connectivity index (χ1n) is 6.20. The second-order valence-electron chi connectivity index (χ2n) is 5.29. The highest BCUT2D eigenvalue weighted by atomic mass is 15.2. The van der Waals surface area contributed by atoms with Gasteiger partial charge >= 0.3 is 0 Å². The number of nitrogen functional groups attached to an aromatic ring is 1. The van der Waals surface area contributed by atoms with E-state index in [1.54, 1.807) is 0 Å². The molecule has 0 spiro atoms. The van der Waals surface area contributed by atoms with Crippen molar-refractivity contribution in [3.05, 3.63) is 23.8 Å². The van der Waals surface area contributed by atoms with Gasteiger partial charge in [0.2, 0.25) is 0 Å². The molecule has 1 saturated heterocycles. The topological polar surface area (TPSA) is 29.3 Å². The molecule has 2 rings (SSSR count). The summed E-state index contributed by atoms with van der Waals surface area (Å²) in [6.45, 7) is 7.91. The summed E-state index contributed by atoms with van der Waals surface area (Å²) in [5.41, 5.74) is 9.33. The van der Waals surface area contributed by atoms with Crippen molar-refractivity contribution < 1.29 is 0 Å². The zero-order valence-electron chi connectivity index (χ0n) is 10.5. The lowest BCUT2D eigenvalue weighted by atomic mass is 9.94. The van der Waals surface area contributed by atoms with Crippen LogP contribution in [0.4, 0.5) is 11.4 Å². The van der Waals surface area contributed by atoms with Gasteiger partial charge in [-0.25, -0.2) is 0 Å². The summed E-state index contributed by atoms with van der Waals surface area (Å²) in [7, 11) is 0. The summed E-state index contributed by atoms with van der Waals surface area (Å²) in [5, 5.41) is 0. The van der Waals surface area contributed by atoms with Crippen LogP contribution >= 0.6 is 0 Å². The molecule has 16 heavy (non-hydrogen) atoms. The maximum Gasteiger partial charge on any atom is 0.0392 e. The molecule has 2 heteroatoms. The summed E-state index contributed by atoms with van der Waals surface area (Å²) in [6, 6.07) is 7.01. The van der Waals surface area contributed by atoms with Gasteiger partial charge in [0.05, 0.1) is 0 Å². The van der Waals surface area contributed by atoms with Gasteiger partial charge in [0.15, 0.2) is 0 Å². The van der Waals surface area contributed by atoms with E-state index in [4.69, 9.17) is 5.73 Å². The third-order valence-corrected chi connectivity index (χ3v) is 3.53. The Morgan fingerprint density at radius 3 is 2.62 bits per heavy atom. The Labute approximate surface area is 98.4 Å². The number of piperidine rings is 1. The highest BCUT2D eigenvalue weighted by Crippen LogP contribution is 2.29. The largest absolute Gasteiger partial charge is 0.399 e. The number of benzene rings is 1. The number of hydrogen-bond donors (Lipinski definition) is 1. The molecule has 2 N–H and O–H groups in total. The average molecular weight is 218 g/mol. The van der Waals surface area contributed by atoms with Crippen LogP contribution in [-0.4, -0.2) is 12.6 Å². The fourth-order valence-electron chi connectivity index (χ4n) is 2.61. The molecule has 1 heterocycles. The Morgan fingerprint density at radius 1 is 1.19 bits per heavy atom. The zero-order valence-corrected chi connectivity index (χ0v) is 10.5.